The molecule has 98 valence electrons. The second kappa shape index (κ2) is 6.10. The standard InChI is InChI=1S/C9H15ClN2O3S2/c1-6(4-3-5-13)12-17(14,15)8-7(2)11-9(10)16-8/h6,12-13H,3-5H2,1-2H3. The lowest BCUT2D eigenvalue weighted by molar-refractivity contribution is 0.279. The van der Waals surface area contributed by atoms with Crippen LogP contribution in [0.15, 0.2) is 4.21 Å². The fourth-order valence-electron chi connectivity index (χ4n) is 1.37. The van der Waals surface area contributed by atoms with Crippen LogP contribution >= 0.6 is 22.9 Å². The number of hydrogen-bond acceptors (Lipinski definition) is 5. The van der Waals surface area contributed by atoms with E-state index in [0.717, 1.165) is 11.3 Å². The van der Waals surface area contributed by atoms with Crippen molar-refractivity contribution in [1.82, 2.24) is 9.71 Å². The minimum atomic E-state index is -3.56. The van der Waals surface area contributed by atoms with Crippen molar-refractivity contribution in [3.05, 3.63) is 10.2 Å². The first-order valence-corrected chi connectivity index (χ1v) is 7.80. The van der Waals surface area contributed by atoms with Gasteiger partial charge in [-0.05, 0) is 26.7 Å². The number of thiazole rings is 1. The monoisotopic (exact) mass is 298 g/mol. The zero-order chi connectivity index (χ0) is 13.1. The van der Waals surface area contributed by atoms with E-state index in [9.17, 15) is 8.42 Å². The van der Waals surface area contributed by atoms with E-state index in [2.05, 4.69) is 9.71 Å². The molecule has 0 aliphatic heterocycles. The minimum Gasteiger partial charge on any atom is -0.396 e. The molecule has 1 atom stereocenters. The van der Waals surface area contributed by atoms with Crippen LogP contribution in [0.1, 0.15) is 25.5 Å². The quantitative estimate of drug-likeness (QED) is 0.835. The summed E-state index contributed by atoms with van der Waals surface area (Å²) in [4.78, 5) is 3.87. The maximum atomic E-state index is 12.0. The molecule has 0 aliphatic rings. The molecular weight excluding hydrogens is 284 g/mol. The lowest BCUT2D eigenvalue weighted by Gasteiger charge is -2.12. The number of sulfonamides is 1. The van der Waals surface area contributed by atoms with Gasteiger partial charge in [-0.25, -0.2) is 18.1 Å². The van der Waals surface area contributed by atoms with Crippen molar-refractivity contribution in [2.75, 3.05) is 6.61 Å². The molecule has 0 amide bonds. The Balaban J connectivity index is 2.79. The Kier molecular flexibility index (Phi) is 5.33. The minimum absolute atomic E-state index is 0.0531. The van der Waals surface area contributed by atoms with Crippen molar-refractivity contribution in [2.45, 2.75) is 36.9 Å². The molecule has 0 saturated heterocycles. The first-order chi connectivity index (χ1) is 7.86. The van der Waals surface area contributed by atoms with Crippen molar-refractivity contribution < 1.29 is 13.5 Å². The van der Waals surface area contributed by atoms with Gasteiger partial charge < -0.3 is 5.11 Å². The van der Waals surface area contributed by atoms with Gasteiger partial charge in [-0.3, -0.25) is 0 Å². The Morgan fingerprint density at radius 1 is 1.59 bits per heavy atom. The normalized spacial score (nSPS) is 13.9. The van der Waals surface area contributed by atoms with E-state index in [1.165, 1.54) is 0 Å². The predicted molar refractivity (Wildman–Crippen MR) is 68.0 cm³/mol. The second-order valence-electron chi connectivity index (χ2n) is 3.73. The van der Waals surface area contributed by atoms with Crippen molar-refractivity contribution in [2.24, 2.45) is 0 Å². The summed E-state index contributed by atoms with van der Waals surface area (Å²) in [5.74, 6) is 0. The first kappa shape index (κ1) is 14.8. The number of aliphatic hydroxyl groups excluding tert-OH is 1. The Morgan fingerprint density at radius 3 is 2.71 bits per heavy atom. The van der Waals surface area contributed by atoms with Gasteiger partial charge >= 0.3 is 0 Å². The largest absolute Gasteiger partial charge is 0.396 e. The van der Waals surface area contributed by atoms with Gasteiger partial charge in [0.1, 0.15) is 0 Å². The summed E-state index contributed by atoms with van der Waals surface area (Å²) in [5.41, 5.74) is 0.404. The summed E-state index contributed by atoms with van der Waals surface area (Å²) >= 11 is 6.62. The fraction of sp³-hybridized carbons (Fsp3) is 0.667. The molecule has 1 rings (SSSR count). The molecule has 17 heavy (non-hydrogen) atoms. The van der Waals surface area contributed by atoms with E-state index in [-0.39, 0.29) is 21.3 Å². The summed E-state index contributed by atoms with van der Waals surface area (Å²) in [6, 6.07) is -0.229. The topological polar surface area (TPSA) is 79.3 Å². The molecule has 0 aliphatic carbocycles. The average molecular weight is 299 g/mol. The van der Waals surface area contributed by atoms with E-state index >= 15 is 0 Å². The van der Waals surface area contributed by atoms with Crippen molar-refractivity contribution in [1.29, 1.82) is 0 Å². The molecule has 0 aromatic carbocycles. The number of nitrogens with zero attached hydrogens (tertiary/aromatic N) is 1. The van der Waals surface area contributed by atoms with Crippen molar-refractivity contribution in [3.8, 4) is 0 Å². The van der Waals surface area contributed by atoms with E-state index in [4.69, 9.17) is 16.7 Å². The number of rotatable bonds is 6. The Hall–Kier alpha value is -0.210. The lowest BCUT2D eigenvalue weighted by atomic mass is 10.2. The molecule has 1 aromatic rings. The molecule has 0 fully saturated rings. The van der Waals surface area contributed by atoms with Crippen LogP contribution in [0.25, 0.3) is 0 Å². The SMILES string of the molecule is Cc1nc(Cl)sc1S(=O)(=O)NC(C)CCCO. The third kappa shape index (κ3) is 4.18. The van der Waals surface area contributed by atoms with Gasteiger partial charge in [0, 0.05) is 12.6 Å². The van der Waals surface area contributed by atoms with Crippen LogP contribution in [0.5, 0.6) is 0 Å². The number of hydrogen-bond donors (Lipinski definition) is 2. The van der Waals surface area contributed by atoms with E-state index < -0.39 is 10.0 Å². The number of aromatic nitrogens is 1. The lowest BCUT2D eigenvalue weighted by Crippen LogP contribution is -2.32. The van der Waals surface area contributed by atoms with Crippen LogP contribution in [-0.4, -0.2) is 31.2 Å². The van der Waals surface area contributed by atoms with E-state index in [1.807, 2.05) is 0 Å². The highest BCUT2D eigenvalue weighted by atomic mass is 35.5. The summed E-state index contributed by atoms with van der Waals surface area (Å²) in [7, 11) is -3.56. The molecular formula is C9H15ClN2O3S2. The van der Waals surface area contributed by atoms with Gasteiger partial charge in [0.25, 0.3) is 10.0 Å². The van der Waals surface area contributed by atoms with Gasteiger partial charge in [0.2, 0.25) is 0 Å². The first-order valence-electron chi connectivity index (χ1n) is 5.13. The Morgan fingerprint density at radius 2 is 2.24 bits per heavy atom. The summed E-state index contributed by atoms with van der Waals surface area (Å²) in [5, 5.41) is 8.68. The van der Waals surface area contributed by atoms with Gasteiger partial charge in [-0.1, -0.05) is 22.9 Å². The highest BCUT2D eigenvalue weighted by Gasteiger charge is 2.23. The summed E-state index contributed by atoms with van der Waals surface area (Å²) < 4.78 is 26.9. The molecule has 0 bridgehead atoms. The van der Waals surface area contributed by atoms with Crippen molar-refractivity contribution >= 4 is 33.0 Å². The number of halogens is 1. The molecule has 2 N–H and O–H groups in total. The molecule has 1 aromatic heterocycles. The maximum Gasteiger partial charge on any atom is 0.252 e. The highest BCUT2D eigenvalue weighted by Crippen LogP contribution is 2.26. The average Bonchev–Trinajstić information content (AvgIpc) is 2.55. The van der Waals surface area contributed by atoms with E-state index in [0.29, 0.717) is 18.5 Å². The van der Waals surface area contributed by atoms with Crippen LogP contribution in [0.4, 0.5) is 0 Å². The smallest absolute Gasteiger partial charge is 0.252 e. The molecule has 0 spiro atoms. The molecule has 8 heteroatoms. The molecule has 0 saturated carbocycles. The number of aryl methyl sites for hydroxylation is 1. The van der Waals surface area contributed by atoms with Crippen molar-refractivity contribution in [3.63, 3.8) is 0 Å². The third-order valence-corrected chi connectivity index (χ3v) is 5.58. The second-order valence-corrected chi connectivity index (χ2v) is 7.22. The van der Waals surface area contributed by atoms with Gasteiger partial charge in [0.15, 0.2) is 8.68 Å². The fourth-order valence-corrected chi connectivity index (χ4v) is 4.41. The van der Waals surface area contributed by atoms with Crippen LogP contribution in [0, 0.1) is 6.92 Å². The van der Waals surface area contributed by atoms with Crippen LogP contribution in [-0.2, 0) is 10.0 Å². The van der Waals surface area contributed by atoms with Gasteiger partial charge in [0.05, 0.1) is 5.69 Å². The van der Waals surface area contributed by atoms with Crippen LogP contribution in [0.2, 0.25) is 4.47 Å². The number of nitrogens with one attached hydrogen (secondary N) is 1. The molecule has 1 heterocycles. The molecule has 5 nitrogen and oxygen atoms in total. The summed E-state index contributed by atoms with van der Waals surface area (Å²) in [6.07, 6.45) is 1.15. The van der Waals surface area contributed by atoms with Crippen LogP contribution in [0.3, 0.4) is 0 Å². The predicted octanol–water partition coefficient (Wildman–Crippen LogP) is 1.54. The van der Waals surface area contributed by atoms with E-state index in [1.54, 1.807) is 13.8 Å². The van der Waals surface area contributed by atoms with Gasteiger partial charge in [-0.2, -0.15) is 0 Å². The molecule has 1 unspecified atom stereocenters. The zero-order valence-corrected chi connectivity index (χ0v) is 12.0. The van der Waals surface area contributed by atoms with Crippen LogP contribution < -0.4 is 4.72 Å². The zero-order valence-electron chi connectivity index (χ0n) is 9.60. The Bertz CT molecular complexity index is 473. The molecule has 0 radical (unpaired) electrons. The maximum absolute atomic E-state index is 12.0. The number of aliphatic hydroxyl groups is 1. The summed E-state index contributed by atoms with van der Waals surface area (Å²) in [6.45, 7) is 3.41. The highest BCUT2D eigenvalue weighted by molar-refractivity contribution is 7.91. The third-order valence-electron chi connectivity index (χ3n) is 2.12. The van der Waals surface area contributed by atoms with Gasteiger partial charge in [-0.15, -0.1) is 0 Å². The Labute approximate surface area is 110 Å².